The number of thiazole rings is 1. The average Bonchev–Trinajstić information content (AvgIpc) is 2.83. The molecular formula is C16H19N3OS. The van der Waals surface area contributed by atoms with Gasteiger partial charge in [-0.2, -0.15) is 0 Å². The number of rotatable bonds is 4. The van der Waals surface area contributed by atoms with Crippen molar-refractivity contribution >= 4 is 22.9 Å². The number of carbonyl (C=O) groups excluding carboxylic acids is 1. The van der Waals surface area contributed by atoms with E-state index < -0.39 is 0 Å². The van der Waals surface area contributed by atoms with Crippen LogP contribution < -0.4 is 11.1 Å². The molecule has 21 heavy (non-hydrogen) atoms. The summed E-state index contributed by atoms with van der Waals surface area (Å²) in [5, 5.41) is 6.28. The van der Waals surface area contributed by atoms with Crippen LogP contribution in [0, 0.1) is 6.92 Å². The number of nitrogen functional groups attached to an aromatic ring is 1. The molecule has 1 saturated carbocycles. The molecule has 0 radical (unpaired) electrons. The molecule has 4 nitrogen and oxygen atoms in total. The average molecular weight is 301 g/mol. The minimum atomic E-state index is -0.232. The largest absolute Gasteiger partial charge is 0.399 e. The molecular weight excluding hydrogens is 282 g/mol. The number of hydrogen-bond acceptors (Lipinski definition) is 4. The smallest absolute Gasteiger partial charge is 0.225 e. The van der Waals surface area contributed by atoms with E-state index in [1.165, 1.54) is 0 Å². The van der Waals surface area contributed by atoms with Crippen molar-refractivity contribution in [2.75, 3.05) is 5.73 Å². The lowest BCUT2D eigenvalue weighted by Gasteiger charge is -2.40. The van der Waals surface area contributed by atoms with Gasteiger partial charge in [-0.05, 0) is 43.9 Å². The molecule has 5 heteroatoms. The number of aryl methyl sites for hydroxylation is 1. The maximum Gasteiger partial charge on any atom is 0.225 e. The van der Waals surface area contributed by atoms with E-state index in [0.717, 1.165) is 35.5 Å². The Morgan fingerprint density at radius 2 is 2.10 bits per heavy atom. The molecule has 3 rings (SSSR count). The van der Waals surface area contributed by atoms with Gasteiger partial charge in [-0.25, -0.2) is 4.98 Å². The summed E-state index contributed by atoms with van der Waals surface area (Å²) >= 11 is 1.64. The molecule has 0 unspecified atom stereocenters. The lowest BCUT2D eigenvalue weighted by molar-refractivity contribution is -0.123. The second kappa shape index (κ2) is 5.48. The molecule has 0 aliphatic heterocycles. The summed E-state index contributed by atoms with van der Waals surface area (Å²) < 4.78 is 0. The lowest BCUT2D eigenvalue weighted by atomic mass is 9.77. The van der Waals surface area contributed by atoms with E-state index in [1.807, 2.05) is 36.6 Å². The first-order chi connectivity index (χ1) is 10.1. The van der Waals surface area contributed by atoms with Crippen LogP contribution in [0.15, 0.2) is 29.6 Å². The summed E-state index contributed by atoms with van der Waals surface area (Å²) in [4.78, 5) is 16.9. The van der Waals surface area contributed by atoms with Crippen molar-refractivity contribution in [1.29, 1.82) is 0 Å². The molecule has 0 atom stereocenters. The highest BCUT2D eigenvalue weighted by Gasteiger charge is 2.42. The Morgan fingerprint density at radius 1 is 1.38 bits per heavy atom. The molecule has 0 saturated heterocycles. The van der Waals surface area contributed by atoms with E-state index in [1.54, 1.807) is 11.3 Å². The van der Waals surface area contributed by atoms with Gasteiger partial charge in [0.25, 0.3) is 0 Å². The van der Waals surface area contributed by atoms with Crippen LogP contribution in [0.1, 0.15) is 35.5 Å². The van der Waals surface area contributed by atoms with Gasteiger partial charge in [-0.1, -0.05) is 12.1 Å². The molecule has 2 aromatic rings. The molecule has 1 aromatic carbocycles. The van der Waals surface area contributed by atoms with E-state index in [-0.39, 0.29) is 11.4 Å². The molecule has 0 bridgehead atoms. The third-order valence-corrected chi connectivity index (χ3v) is 5.12. The Balaban J connectivity index is 1.69. The molecule has 3 N–H and O–H groups in total. The van der Waals surface area contributed by atoms with E-state index in [2.05, 4.69) is 10.3 Å². The third-order valence-electron chi connectivity index (χ3n) is 3.96. The number of nitrogens with two attached hydrogens (primary N) is 1. The Morgan fingerprint density at radius 3 is 2.62 bits per heavy atom. The fourth-order valence-corrected chi connectivity index (χ4v) is 3.64. The maximum absolute atomic E-state index is 12.3. The summed E-state index contributed by atoms with van der Waals surface area (Å²) in [5.74, 6) is 0.0484. The van der Waals surface area contributed by atoms with Gasteiger partial charge in [0.05, 0.1) is 12.0 Å². The van der Waals surface area contributed by atoms with Crippen LogP contribution in [0.25, 0.3) is 0 Å². The fourth-order valence-electron chi connectivity index (χ4n) is 2.63. The summed E-state index contributed by atoms with van der Waals surface area (Å²) in [6.07, 6.45) is 3.48. The number of anilines is 1. The van der Waals surface area contributed by atoms with Crippen molar-refractivity contribution in [2.24, 2.45) is 0 Å². The first-order valence-corrected chi connectivity index (χ1v) is 8.03. The molecule has 1 fully saturated rings. The lowest BCUT2D eigenvalue weighted by Crippen LogP contribution is -2.51. The van der Waals surface area contributed by atoms with E-state index in [9.17, 15) is 4.79 Å². The third kappa shape index (κ3) is 2.93. The summed E-state index contributed by atoms with van der Waals surface area (Å²) in [7, 11) is 0. The molecule has 1 amide bonds. The van der Waals surface area contributed by atoms with Crippen LogP contribution in [0.4, 0.5) is 5.69 Å². The monoisotopic (exact) mass is 301 g/mol. The second-order valence-electron chi connectivity index (χ2n) is 5.70. The van der Waals surface area contributed by atoms with Crippen molar-refractivity contribution in [2.45, 2.75) is 38.1 Å². The Hall–Kier alpha value is -1.88. The predicted molar refractivity (Wildman–Crippen MR) is 85.1 cm³/mol. The van der Waals surface area contributed by atoms with Crippen molar-refractivity contribution in [3.05, 3.63) is 45.9 Å². The molecule has 110 valence electrons. The number of amides is 1. The number of hydrogen-bond donors (Lipinski definition) is 2. The summed E-state index contributed by atoms with van der Waals surface area (Å²) in [6, 6.07) is 7.45. The Bertz CT molecular complexity index is 644. The van der Waals surface area contributed by atoms with Crippen LogP contribution in [0.2, 0.25) is 0 Å². The van der Waals surface area contributed by atoms with Crippen molar-refractivity contribution in [3.8, 4) is 0 Å². The topological polar surface area (TPSA) is 68.0 Å². The Kier molecular flexibility index (Phi) is 3.68. The standard InChI is InChI=1S/C16H19N3OS/c1-11-10-21-15(18-11)16(7-2-8-16)19-14(20)9-12-3-5-13(17)6-4-12/h3-6,10H,2,7-9,17H2,1H3,(H,19,20). The Labute approximate surface area is 128 Å². The van der Waals surface area contributed by atoms with Gasteiger partial charge in [-0.3, -0.25) is 4.79 Å². The minimum Gasteiger partial charge on any atom is -0.399 e. The van der Waals surface area contributed by atoms with Gasteiger partial charge < -0.3 is 11.1 Å². The summed E-state index contributed by atoms with van der Waals surface area (Å²) in [5.41, 5.74) is 8.14. The van der Waals surface area contributed by atoms with Crippen molar-refractivity contribution in [1.82, 2.24) is 10.3 Å². The number of nitrogens with one attached hydrogen (secondary N) is 1. The molecule has 0 spiro atoms. The predicted octanol–water partition coefficient (Wildman–Crippen LogP) is 2.77. The number of carbonyl (C=O) groups is 1. The van der Waals surface area contributed by atoms with Crippen molar-refractivity contribution < 1.29 is 4.79 Å². The zero-order chi connectivity index (χ0) is 14.9. The first-order valence-electron chi connectivity index (χ1n) is 7.15. The van der Waals surface area contributed by atoms with E-state index in [0.29, 0.717) is 12.1 Å². The number of nitrogens with zero attached hydrogens (tertiary/aromatic N) is 1. The zero-order valence-corrected chi connectivity index (χ0v) is 12.9. The van der Waals surface area contributed by atoms with Crippen molar-refractivity contribution in [3.63, 3.8) is 0 Å². The van der Waals surface area contributed by atoms with E-state index >= 15 is 0 Å². The highest BCUT2D eigenvalue weighted by Crippen LogP contribution is 2.42. The highest BCUT2D eigenvalue weighted by molar-refractivity contribution is 7.09. The van der Waals surface area contributed by atoms with Gasteiger partial charge in [0.2, 0.25) is 5.91 Å². The molecule has 1 aliphatic rings. The van der Waals surface area contributed by atoms with Crippen LogP contribution in [-0.4, -0.2) is 10.9 Å². The van der Waals surface area contributed by atoms with Gasteiger partial charge in [0.15, 0.2) is 0 Å². The highest BCUT2D eigenvalue weighted by atomic mass is 32.1. The maximum atomic E-state index is 12.3. The molecule has 1 heterocycles. The second-order valence-corrected chi connectivity index (χ2v) is 6.55. The van der Waals surface area contributed by atoms with Crippen LogP contribution in [0.5, 0.6) is 0 Å². The quantitative estimate of drug-likeness (QED) is 0.853. The number of aromatic nitrogens is 1. The van der Waals surface area contributed by atoms with E-state index in [4.69, 9.17) is 5.73 Å². The SMILES string of the molecule is Cc1csc(C2(NC(=O)Cc3ccc(N)cc3)CCC2)n1. The molecule has 1 aliphatic carbocycles. The van der Waals surface area contributed by atoms with Crippen LogP contribution in [-0.2, 0) is 16.8 Å². The van der Waals surface area contributed by atoms with Gasteiger partial charge in [0.1, 0.15) is 5.01 Å². The zero-order valence-electron chi connectivity index (χ0n) is 12.1. The molecule has 1 aromatic heterocycles. The van der Waals surface area contributed by atoms with Crippen LogP contribution in [0.3, 0.4) is 0 Å². The first kappa shape index (κ1) is 14.1. The van der Waals surface area contributed by atoms with Gasteiger partial charge >= 0.3 is 0 Å². The van der Waals surface area contributed by atoms with Crippen LogP contribution >= 0.6 is 11.3 Å². The fraction of sp³-hybridized carbons (Fsp3) is 0.375. The normalized spacial score (nSPS) is 16.2. The number of benzene rings is 1. The van der Waals surface area contributed by atoms with Gasteiger partial charge in [0, 0.05) is 16.8 Å². The van der Waals surface area contributed by atoms with Gasteiger partial charge in [-0.15, -0.1) is 11.3 Å². The summed E-state index contributed by atoms with van der Waals surface area (Å²) in [6.45, 7) is 1.99. The minimum absolute atomic E-state index is 0.0484.